The van der Waals surface area contributed by atoms with Crippen LogP contribution in [0.2, 0.25) is 0 Å². The van der Waals surface area contributed by atoms with Crippen LogP contribution in [0.5, 0.6) is 5.75 Å². The second-order valence-electron chi connectivity index (χ2n) is 8.05. The molecule has 1 aliphatic rings. The number of hydrogen-bond donors (Lipinski definition) is 2. The lowest BCUT2D eigenvalue weighted by atomic mass is 10.0. The van der Waals surface area contributed by atoms with Crippen LogP contribution < -0.4 is 15.4 Å². The Morgan fingerprint density at radius 1 is 1.16 bits per heavy atom. The first-order valence-corrected chi connectivity index (χ1v) is 10.3. The lowest BCUT2D eigenvalue weighted by molar-refractivity contribution is -0.143. The zero-order valence-electron chi connectivity index (χ0n) is 18.2. The van der Waals surface area contributed by atoms with Gasteiger partial charge in [0.15, 0.2) is 0 Å². The molecule has 1 unspecified atom stereocenters. The molecule has 7 heteroatoms. The van der Waals surface area contributed by atoms with Crippen LogP contribution in [-0.4, -0.2) is 27.2 Å². The summed E-state index contributed by atoms with van der Waals surface area (Å²) in [6.45, 7) is 7.83. The summed E-state index contributed by atoms with van der Waals surface area (Å²) in [5.74, 6) is -0.574. The normalized spacial score (nSPS) is 17.5. The number of benzene rings is 2. The standard InChI is InChI=1S/C24H26N4O3/c1-15-10-11-20-19(14-15)25-22(29)24(4,31-20)23(30)26-21-16(2)27-28(17(21)3)13-12-18-8-6-5-7-9-18/h5-11,14H,12-13H2,1-4H3,(H,25,29)(H,26,30). The first-order chi connectivity index (χ1) is 14.8. The van der Waals surface area contributed by atoms with E-state index in [1.807, 2.05) is 55.8 Å². The minimum absolute atomic E-state index is 0.467. The molecule has 0 bridgehead atoms. The smallest absolute Gasteiger partial charge is 0.278 e. The number of amides is 2. The van der Waals surface area contributed by atoms with Crippen LogP contribution in [0.1, 0.15) is 29.4 Å². The van der Waals surface area contributed by atoms with E-state index >= 15 is 0 Å². The third-order valence-electron chi connectivity index (χ3n) is 5.64. The molecular weight excluding hydrogens is 392 g/mol. The van der Waals surface area contributed by atoms with Crippen LogP contribution >= 0.6 is 0 Å². The van der Waals surface area contributed by atoms with E-state index in [0.717, 1.165) is 17.7 Å². The van der Waals surface area contributed by atoms with Crippen molar-refractivity contribution in [1.29, 1.82) is 0 Å². The fourth-order valence-electron chi connectivity index (χ4n) is 3.70. The van der Waals surface area contributed by atoms with E-state index in [1.54, 1.807) is 6.07 Å². The molecule has 3 aromatic rings. The number of carbonyl (C=O) groups is 2. The number of fused-ring (bicyclic) bond motifs is 1. The predicted octanol–water partition coefficient (Wildman–Crippen LogP) is 3.78. The van der Waals surface area contributed by atoms with Crippen LogP contribution in [0.15, 0.2) is 48.5 Å². The van der Waals surface area contributed by atoms with Gasteiger partial charge >= 0.3 is 0 Å². The van der Waals surface area contributed by atoms with Crippen molar-refractivity contribution in [2.75, 3.05) is 10.6 Å². The molecule has 0 fully saturated rings. The third-order valence-corrected chi connectivity index (χ3v) is 5.64. The monoisotopic (exact) mass is 418 g/mol. The Bertz CT molecular complexity index is 1150. The molecule has 160 valence electrons. The summed E-state index contributed by atoms with van der Waals surface area (Å²) in [6.07, 6.45) is 0.829. The second kappa shape index (κ2) is 7.91. The molecule has 0 radical (unpaired) electrons. The fraction of sp³-hybridized carbons (Fsp3) is 0.292. The van der Waals surface area contributed by atoms with E-state index in [9.17, 15) is 9.59 Å². The fourth-order valence-corrected chi connectivity index (χ4v) is 3.70. The Morgan fingerprint density at radius 3 is 2.65 bits per heavy atom. The summed E-state index contributed by atoms with van der Waals surface area (Å²) in [4.78, 5) is 25.9. The number of anilines is 2. The summed E-state index contributed by atoms with van der Waals surface area (Å²) < 4.78 is 7.74. The highest BCUT2D eigenvalue weighted by Gasteiger charge is 2.47. The maximum Gasteiger partial charge on any atom is 0.278 e. The van der Waals surface area contributed by atoms with Crippen molar-refractivity contribution in [3.05, 3.63) is 71.0 Å². The van der Waals surface area contributed by atoms with Crippen LogP contribution in [0.3, 0.4) is 0 Å². The van der Waals surface area contributed by atoms with Crippen molar-refractivity contribution >= 4 is 23.2 Å². The van der Waals surface area contributed by atoms with E-state index in [2.05, 4.69) is 27.9 Å². The van der Waals surface area contributed by atoms with Gasteiger partial charge in [-0.2, -0.15) is 5.10 Å². The summed E-state index contributed by atoms with van der Waals surface area (Å²) >= 11 is 0. The molecule has 2 aromatic carbocycles. The van der Waals surface area contributed by atoms with Gasteiger partial charge in [0.25, 0.3) is 17.4 Å². The second-order valence-corrected chi connectivity index (χ2v) is 8.05. The lowest BCUT2D eigenvalue weighted by Gasteiger charge is -2.33. The number of carbonyl (C=O) groups excluding carboxylic acids is 2. The van der Waals surface area contributed by atoms with Crippen molar-refractivity contribution in [3.8, 4) is 5.75 Å². The molecule has 1 aliphatic heterocycles. The van der Waals surface area contributed by atoms with E-state index in [4.69, 9.17) is 4.74 Å². The van der Waals surface area contributed by atoms with E-state index in [1.165, 1.54) is 12.5 Å². The van der Waals surface area contributed by atoms with Gasteiger partial charge in [-0.15, -0.1) is 0 Å². The number of aromatic nitrogens is 2. The van der Waals surface area contributed by atoms with Crippen molar-refractivity contribution in [3.63, 3.8) is 0 Å². The number of ether oxygens (including phenoxy) is 1. The number of nitrogens with zero attached hydrogens (tertiary/aromatic N) is 2. The maximum atomic E-state index is 13.1. The zero-order valence-corrected chi connectivity index (χ0v) is 18.2. The molecule has 0 spiro atoms. The molecule has 0 saturated heterocycles. The topological polar surface area (TPSA) is 85.3 Å². The molecule has 0 aliphatic carbocycles. The highest BCUT2D eigenvalue weighted by Crippen LogP contribution is 2.35. The summed E-state index contributed by atoms with van der Waals surface area (Å²) in [5, 5.41) is 10.2. The van der Waals surface area contributed by atoms with Crippen molar-refractivity contribution < 1.29 is 14.3 Å². The largest absolute Gasteiger partial charge is 0.466 e. The Kier molecular flexibility index (Phi) is 5.27. The van der Waals surface area contributed by atoms with Gasteiger partial charge in [0.1, 0.15) is 5.75 Å². The number of hydrogen-bond acceptors (Lipinski definition) is 4. The minimum atomic E-state index is -1.69. The van der Waals surface area contributed by atoms with Crippen LogP contribution in [-0.2, 0) is 22.6 Å². The van der Waals surface area contributed by atoms with Gasteiger partial charge in [0.2, 0.25) is 0 Å². The quantitative estimate of drug-likeness (QED) is 0.618. The van der Waals surface area contributed by atoms with Gasteiger partial charge in [0, 0.05) is 6.54 Å². The highest BCUT2D eigenvalue weighted by molar-refractivity contribution is 6.19. The van der Waals surface area contributed by atoms with Crippen molar-refractivity contribution in [1.82, 2.24) is 9.78 Å². The Labute approximate surface area is 181 Å². The average molecular weight is 418 g/mol. The first-order valence-electron chi connectivity index (χ1n) is 10.3. The molecular formula is C24H26N4O3. The highest BCUT2D eigenvalue weighted by atomic mass is 16.5. The van der Waals surface area contributed by atoms with Crippen LogP contribution in [0.25, 0.3) is 0 Å². The molecule has 1 aromatic heterocycles. The summed E-state index contributed by atoms with van der Waals surface area (Å²) in [5.41, 5.74) is 3.21. The Hall–Kier alpha value is -3.61. The van der Waals surface area contributed by atoms with Gasteiger partial charge in [-0.1, -0.05) is 36.4 Å². The van der Waals surface area contributed by atoms with E-state index in [-0.39, 0.29) is 0 Å². The van der Waals surface area contributed by atoms with Gasteiger partial charge in [-0.25, -0.2) is 0 Å². The molecule has 31 heavy (non-hydrogen) atoms. The Morgan fingerprint density at radius 2 is 1.90 bits per heavy atom. The van der Waals surface area contributed by atoms with Crippen LogP contribution in [0, 0.1) is 20.8 Å². The SMILES string of the molecule is Cc1ccc2c(c1)NC(=O)C(C)(C(=O)Nc1c(C)nn(CCc3ccccc3)c1C)O2. The van der Waals surface area contributed by atoms with Gasteiger partial charge in [0.05, 0.1) is 22.8 Å². The molecule has 2 amide bonds. The third kappa shape index (κ3) is 3.91. The lowest BCUT2D eigenvalue weighted by Crippen LogP contribution is -2.56. The summed E-state index contributed by atoms with van der Waals surface area (Å²) in [7, 11) is 0. The van der Waals surface area contributed by atoms with E-state index < -0.39 is 17.4 Å². The summed E-state index contributed by atoms with van der Waals surface area (Å²) in [6, 6.07) is 15.6. The molecule has 2 N–H and O–H groups in total. The molecule has 1 atom stereocenters. The molecule has 2 heterocycles. The molecule has 7 nitrogen and oxygen atoms in total. The average Bonchev–Trinajstić information content (AvgIpc) is 3.01. The zero-order chi connectivity index (χ0) is 22.2. The Balaban J connectivity index is 1.52. The number of nitrogens with one attached hydrogen (secondary N) is 2. The van der Waals surface area contributed by atoms with E-state index in [0.29, 0.717) is 29.4 Å². The van der Waals surface area contributed by atoms with Gasteiger partial charge in [-0.05, 0) is 57.4 Å². The van der Waals surface area contributed by atoms with Crippen molar-refractivity contribution in [2.24, 2.45) is 0 Å². The molecule has 0 saturated carbocycles. The predicted molar refractivity (Wildman–Crippen MR) is 119 cm³/mol. The van der Waals surface area contributed by atoms with Crippen LogP contribution in [0.4, 0.5) is 11.4 Å². The first kappa shape index (κ1) is 20.7. The van der Waals surface area contributed by atoms with Gasteiger partial charge < -0.3 is 15.4 Å². The minimum Gasteiger partial charge on any atom is -0.466 e. The molecule has 4 rings (SSSR count). The van der Waals surface area contributed by atoms with Gasteiger partial charge in [-0.3, -0.25) is 14.3 Å². The van der Waals surface area contributed by atoms with Crippen molar-refractivity contribution in [2.45, 2.75) is 46.3 Å². The number of aryl methyl sites for hydroxylation is 4. The number of rotatable bonds is 5. The maximum absolute atomic E-state index is 13.1.